The lowest BCUT2D eigenvalue weighted by atomic mass is 10.0. The van der Waals surface area contributed by atoms with Gasteiger partial charge in [0, 0.05) is 18.5 Å². The number of benzene rings is 1. The van der Waals surface area contributed by atoms with Crippen LogP contribution in [-0.2, 0) is 11.3 Å². The molecular formula is C21H21F2N5O2. The van der Waals surface area contributed by atoms with Crippen molar-refractivity contribution in [2.75, 3.05) is 5.32 Å². The van der Waals surface area contributed by atoms with Crippen LogP contribution in [0.2, 0.25) is 0 Å². The van der Waals surface area contributed by atoms with E-state index in [1.807, 2.05) is 18.2 Å². The zero-order chi connectivity index (χ0) is 21.7. The minimum Gasteiger partial charge on any atom is -0.340 e. The number of anilines is 1. The van der Waals surface area contributed by atoms with Crippen LogP contribution in [-0.4, -0.2) is 32.6 Å². The molecule has 0 bridgehead atoms. The first-order valence-electron chi connectivity index (χ1n) is 9.34. The second kappa shape index (κ2) is 9.25. The second-order valence-corrected chi connectivity index (χ2v) is 7.00. The van der Waals surface area contributed by atoms with Crippen LogP contribution >= 0.6 is 0 Å². The number of pyridine rings is 1. The van der Waals surface area contributed by atoms with Crippen LogP contribution in [0.3, 0.4) is 0 Å². The summed E-state index contributed by atoms with van der Waals surface area (Å²) in [7, 11) is 0. The fourth-order valence-electron chi connectivity index (χ4n) is 2.84. The third-order valence-electron chi connectivity index (χ3n) is 4.37. The Kier molecular flexibility index (Phi) is 6.51. The Morgan fingerprint density at radius 1 is 1.07 bits per heavy atom. The third-order valence-corrected chi connectivity index (χ3v) is 4.37. The number of rotatable bonds is 7. The molecule has 2 aromatic heterocycles. The topological polar surface area (TPSA) is 88.9 Å². The van der Waals surface area contributed by atoms with Crippen LogP contribution < -0.4 is 10.6 Å². The number of aromatic nitrogens is 3. The molecule has 2 heterocycles. The first-order valence-corrected chi connectivity index (χ1v) is 9.34. The summed E-state index contributed by atoms with van der Waals surface area (Å²) in [5.41, 5.74) is 0.0771. The number of halogens is 2. The summed E-state index contributed by atoms with van der Waals surface area (Å²) in [5.74, 6) is -3.59. The van der Waals surface area contributed by atoms with Gasteiger partial charge in [-0.05, 0) is 30.2 Å². The Balaban J connectivity index is 1.68. The molecule has 0 radical (unpaired) electrons. The summed E-state index contributed by atoms with van der Waals surface area (Å²) >= 11 is 0. The molecule has 0 saturated carbocycles. The van der Waals surface area contributed by atoms with Crippen molar-refractivity contribution in [2.24, 2.45) is 5.92 Å². The van der Waals surface area contributed by atoms with Crippen LogP contribution in [0.25, 0.3) is 0 Å². The highest BCUT2D eigenvalue weighted by molar-refractivity contribution is 6.01. The predicted molar refractivity (Wildman–Crippen MR) is 107 cm³/mol. The highest BCUT2D eigenvalue weighted by atomic mass is 19.1. The van der Waals surface area contributed by atoms with Gasteiger partial charge in [-0.25, -0.2) is 8.78 Å². The lowest BCUT2D eigenvalue weighted by Crippen LogP contribution is -2.47. The Morgan fingerprint density at radius 2 is 1.80 bits per heavy atom. The molecule has 156 valence electrons. The molecule has 7 nitrogen and oxygen atoms in total. The van der Waals surface area contributed by atoms with Crippen LogP contribution in [0.4, 0.5) is 14.6 Å². The molecule has 2 N–H and O–H groups in total. The highest BCUT2D eigenvalue weighted by Gasteiger charge is 2.27. The van der Waals surface area contributed by atoms with Gasteiger partial charge < -0.3 is 10.6 Å². The zero-order valence-electron chi connectivity index (χ0n) is 16.5. The molecule has 1 unspecified atom stereocenters. The van der Waals surface area contributed by atoms with Gasteiger partial charge in [0.25, 0.3) is 5.91 Å². The number of carbonyl (C=O) groups is 2. The molecule has 0 aliphatic heterocycles. The van der Waals surface area contributed by atoms with Crippen molar-refractivity contribution in [3.05, 3.63) is 77.8 Å². The number of hydrogen-bond donors (Lipinski definition) is 2. The van der Waals surface area contributed by atoms with Crippen molar-refractivity contribution in [1.29, 1.82) is 0 Å². The number of carbonyl (C=O) groups excluding carboxylic acids is 2. The average Bonchev–Trinajstić information content (AvgIpc) is 3.13. The average molecular weight is 413 g/mol. The molecule has 9 heteroatoms. The summed E-state index contributed by atoms with van der Waals surface area (Å²) in [5, 5.41) is 9.29. The molecular weight excluding hydrogens is 392 g/mol. The number of hydrogen-bond acceptors (Lipinski definition) is 4. The Bertz CT molecular complexity index is 1020. The van der Waals surface area contributed by atoms with E-state index in [-0.39, 0.29) is 11.7 Å². The van der Waals surface area contributed by atoms with Crippen LogP contribution in [0, 0.1) is 17.6 Å². The van der Waals surface area contributed by atoms with Gasteiger partial charge in [-0.15, -0.1) is 0 Å². The van der Waals surface area contributed by atoms with E-state index in [1.165, 1.54) is 0 Å². The summed E-state index contributed by atoms with van der Waals surface area (Å²) in [6.07, 6.45) is 3.36. The monoisotopic (exact) mass is 413 g/mol. The maximum absolute atomic E-state index is 13.9. The van der Waals surface area contributed by atoms with Gasteiger partial charge in [-0.2, -0.15) is 5.10 Å². The van der Waals surface area contributed by atoms with E-state index in [0.29, 0.717) is 6.54 Å². The molecule has 0 spiro atoms. The molecule has 0 aliphatic rings. The quantitative estimate of drug-likeness (QED) is 0.623. The van der Waals surface area contributed by atoms with Gasteiger partial charge in [0.1, 0.15) is 23.2 Å². The standard InChI is InChI=1S/C21H21F2N5O2/c1-13(2)19(26-20(29)18-15(22)7-5-8-16(18)23)21(30)25-17-9-11-28(27-17)12-14-6-3-4-10-24-14/h3-11,13,19H,12H2,1-2H3,(H,26,29)(H,25,27,30). The Hall–Kier alpha value is -3.62. The smallest absolute Gasteiger partial charge is 0.257 e. The number of amides is 2. The van der Waals surface area contributed by atoms with Crippen LogP contribution in [0.15, 0.2) is 54.9 Å². The van der Waals surface area contributed by atoms with E-state index < -0.39 is 35.1 Å². The van der Waals surface area contributed by atoms with E-state index in [0.717, 1.165) is 23.9 Å². The fraction of sp³-hybridized carbons (Fsp3) is 0.238. The minimum absolute atomic E-state index is 0.285. The molecule has 0 fully saturated rings. The SMILES string of the molecule is CC(C)C(NC(=O)c1c(F)cccc1F)C(=O)Nc1ccn(Cc2ccccn2)n1. The first-order chi connectivity index (χ1) is 14.3. The maximum Gasteiger partial charge on any atom is 0.257 e. The van der Waals surface area contributed by atoms with Crippen LogP contribution in [0.1, 0.15) is 29.9 Å². The van der Waals surface area contributed by atoms with Gasteiger partial charge in [0.2, 0.25) is 5.91 Å². The summed E-state index contributed by atoms with van der Waals surface area (Å²) in [4.78, 5) is 29.3. The van der Waals surface area contributed by atoms with Crippen LogP contribution in [0.5, 0.6) is 0 Å². The highest BCUT2D eigenvalue weighted by Crippen LogP contribution is 2.14. The Labute approximate surface area is 172 Å². The van der Waals surface area contributed by atoms with Crippen molar-refractivity contribution >= 4 is 17.6 Å². The molecule has 30 heavy (non-hydrogen) atoms. The van der Waals surface area contributed by atoms with E-state index in [4.69, 9.17) is 0 Å². The van der Waals surface area contributed by atoms with Crippen molar-refractivity contribution in [3.8, 4) is 0 Å². The molecule has 1 aromatic carbocycles. The summed E-state index contributed by atoms with van der Waals surface area (Å²) in [6, 6.07) is 9.25. The molecule has 3 rings (SSSR count). The first kappa shape index (κ1) is 21.1. The van der Waals surface area contributed by atoms with E-state index in [9.17, 15) is 18.4 Å². The zero-order valence-corrected chi connectivity index (χ0v) is 16.5. The van der Waals surface area contributed by atoms with Gasteiger partial charge in [-0.3, -0.25) is 19.3 Å². The maximum atomic E-state index is 13.9. The van der Waals surface area contributed by atoms with Gasteiger partial charge in [-0.1, -0.05) is 26.0 Å². The molecule has 1 atom stereocenters. The van der Waals surface area contributed by atoms with Gasteiger partial charge in [0.15, 0.2) is 5.82 Å². The predicted octanol–water partition coefficient (Wildman–Crippen LogP) is 3.00. The van der Waals surface area contributed by atoms with Crippen molar-refractivity contribution in [3.63, 3.8) is 0 Å². The lowest BCUT2D eigenvalue weighted by Gasteiger charge is -2.21. The number of nitrogens with one attached hydrogen (secondary N) is 2. The molecule has 3 aromatic rings. The number of nitrogens with zero attached hydrogens (tertiary/aromatic N) is 3. The summed E-state index contributed by atoms with van der Waals surface area (Å²) < 4.78 is 29.3. The van der Waals surface area contributed by atoms with E-state index >= 15 is 0 Å². The van der Waals surface area contributed by atoms with Crippen molar-refractivity contribution in [2.45, 2.75) is 26.4 Å². The molecule has 2 amide bonds. The normalized spacial score (nSPS) is 11.9. The van der Waals surface area contributed by atoms with Gasteiger partial charge >= 0.3 is 0 Å². The Morgan fingerprint density at radius 3 is 2.43 bits per heavy atom. The van der Waals surface area contributed by atoms with E-state index in [2.05, 4.69) is 20.7 Å². The molecule has 0 aliphatic carbocycles. The van der Waals surface area contributed by atoms with Crippen molar-refractivity contribution < 1.29 is 18.4 Å². The van der Waals surface area contributed by atoms with E-state index in [1.54, 1.807) is 37.0 Å². The fourth-order valence-corrected chi connectivity index (χ4v) is 2.84. The largest absolute Gasteiger partial charge is 0.340 e. The summed E-state index contributed by atoms with van der Waals surface area (Å²) in [6.45, 7) is 3.84. The van der Waals surface area contributed by atoms with Gasteiger partial charge in [0.05, 0.1) is 12.2 Å². The van der Waals surface area contributed by atoms with Crippen molar-refractivity contribution in [1.82, 2.24) is 20.1 Å². The minimum atomic E-state index is -1.02. The third kappa shape index (κ3) is 5.05. The lowest BCUT2D eigenvalue weighted by molar-refractivity contribution is -0.118. The molecule has 0 saturated heterocycles. The second-order valence-electron chi connectivity index (χ2n) is 7.00.